The van der Waals surface area contributed by atoms with Gasteiger partial charge in [0.25, 0.3) is 20.2 Å². The summed E-state index contributed by atoms with van der Waals surface area (Å²) < 4.78 is 70.3. The number of aromatic nitrogens is 6. The van der Waals surface area contributed by atoms with Gasteiger partial charge in [0, 0.05) is 36.8 Å². The fourth-order valence-corrected chi connectivity index (χ4v) is 6.30. The van der Waals surface area contributed by atoms with Gasteiger partial charge in [0.1, 0.15) is 9.79 Å². The van der Waals surface area contributed by atoms with Crippen LogP contribution in [0.25, 0.3) is 12.2 Å². The average Bonchev–Trinajstić information content (AvgIpc) is 3.14. The Balaban J connectivity index is 0.00000580. The summed E-state index contributed by atoms with van der Waals surface area (Å²) in [6, 6.07) is 26.5. The van der Waals surface area contributed by atoms with Crippen LogP contribution in [0.2, 0.25) is 0 Å². The van der Waals surface area contributed by atoms with Crippen LogP contribution in [0.4, 0.5) is 58.4 Å². The van der Waals surface area contributed by atoms with Crippen LogP contribution in [-0.4, -0.2) is 99.5 Å². The fraction of sp³-hybridized carbons (Fsp3) is 0.0588. The zero-order chi connectivity index (χ0) is 38.3. The van der Waals surface area contributed by atoms with Gasteiger partial charge in [0.2, 0.25) is 35.7 Å². The molecule has 0 saturated heterocycles. The molecule has 0 aliphatic rings. The van der Waals surface area contributed by atoms with Crippen molar-refractivity contribution in [1.29, 1.82) is 0 Å². The van der Waals surface area contributed by atoms with E-state index in [0.29, 0.717) is 0 Å². The molecule has 21 heteroatoms. The zero-order valence-electron chi connectivity index (χ0n) is 28.4. The Labute approximate surface area is 338 Å². The van der Waals surface area contributed by atoms with E-state index in [-0.39, 0.29) is 87.7 Å². The Bertz CT molecular complexity index is 2380. The van der Waals surface area contributed by atoms with Crippen LogP contribution in [0.3, 0.4) is 0 Å². The van der Waals surface area contributed by atoms with E-state index in [4.69, 9.17) is 0 Å². The van der Waals surface area contributed by atoms with Gasteiger partial charge in [-0.05, 0) is 59.7 Å². The molecule has 0 aliphatic heterocycles. The summed E-state index contributed by atoms with van der Waals surface area (Å²) in [5.41, 5.74) is 1.87. The maximum atomic E-state index is 12.5. The molecule has 0 amide bonds. The Morgan fingerprint density at radius 2 is 0.764 bits per heavy atom. The van der Waals surface area contributed by atoms with Crippen LogP contribution < -0.4 is 31.9 Å². The first-order valence-electron chi connectivity index (χ1n) is 15.8. The molecular weight excluding hydrogens is 760 g/mol. The molecule has 0 fully saturated rings. The topological polar surface area (TPSA) is 258 Å². The summed E-state index contributed by atoms with van der Waals surface area (Å²) in [4.78, 5) is 24.8. The van der Waals surface area contributed by atoms with E-state index in [2.05, 4.69) is 61.8 Å². The predicted molar refractivity (Wildman–Crippen MR) is 213 cm³/mol. The molecule has 0 saturated carbocycles. The summed E-state index contributed by atoms with van der Waals surface area (Å²) in [5, 5.41) is 17.6. The average molecular weight is 793 g/mol. The van der Waals surface area contributed by atoms with Gasteiger partial charge in [-0.1, -0.05) is 60.7 Å². The van der Waals surface area contributed by atoms with Crippen molar-refractivity contribution >= 4 is 120 Å². The second-order valence-corrected chi connectivity index (χ2v) is 13.9. The first-order valence-corrected chi connectivity index (χ1v) is 18.7. The molecule has 6 aromatic rings. The molecule has 0 atom stereocenters. The van der Waals surface area contributed by atoms with Gasteiger partial charge in [-0.25, -0.2) is 0 Å². The Morgan fingerprint density at radius 3 is 1.07 bits per heavy atom. The maximum absolute atomic E-state index is 12.5. The normalized spacial score (nSPS) is 11.3. The molecule has 0 spiro atoms. The Kier molecular flexibility index (Phi) is 12.9. The van der Waals surface area contributed by atoms with Crippen molar-refractivity contribution in [3.63, 3.8) is 0 Å². The third-order valence-electron chi connectivity index (χ3n) is 7.32. The molecule has 278 valence electrons. The minimum absolute atomic E-state index is 0. The number of nitrogens with zero attached hydrogens (tertiary/aromatic N) is 6. The van der Waals surface area contributed by atoms with Crippen LogP contribution in [0.5, 0.6) is 0 Å². The molecule has 6 rings (SSSR count). The first-order chi connectivity index (χ1) is 25.9. The monoisotopic (exact) mass is 792 g/mol. The number of anilines is 10. The first kappa shape index (κ1) is 40.4. The van der Waals surface area contributed by atoms with Crippen molar-refractivity contribution in [2.24, 2.45) is 0 Å². The number of nitrogens with one attached hydrogen (secondary N) is 6. The molecule has 0 unspecified atom stereocenters. The van der Waals surface area contributed by atoms with E-state index in [1.54, 1.807) is 14.1 Å². The van der Waals surface area contributed by atoms with Crippen LogP contribution in [0.15, 0.2) is 107 Å². The second-order valence-electron chi connectivity index (χ2n) is 11.1. The van der Waals surface area contributed by atoms with Gasteiger partial charge < -0.3 is 31.9 Å². The van der Waals surface area contributed by atoms with Crippen molar-refractivity contribution in [2.45, 2.75) is 9.79 Å². The number of hydrogen-bond donors (Lipinski definition) is 8. The van der Waals surface area contributed by atoms with Crippen molar-refractivity contribution in [1.82, 2.24) is 29.9 Å². The van der Waals surface area contributed by atoms with Crippen molar-refractivity contribution in [3.8, 4) is 0 Å². The molecule has 2 aromatic heterocycles. The summed E-state index contributed by atoms with van der Waals surface area (Å²) in [6.45, 7) is 0. The molecule has 0 bridgehead atoms. The summed E-state index contributed by atoms with van der Waals surface area (Å²) in [7, 11) is -6.36. The SMILES string of the molecule is CNc1nc(Nc2ccccc2)nc(Nc2ccc(C=Cc3ccc(Nc4nc(NC)nc(Nc5ccccc5)n4)cc3S(=O)(=O)O)c(S(=O)(=O)O)c2)n1.[NaH]. The quantitative estimate of drug-likeness (QED) is 0.0404. The summed E-state index contributed by atoms with van der Waals surface area (Å²) >= 11 is 0. The molecule has 4 aromatic carbocycles. The molecule has 0 aliphatic carbocycles. The second kappa shape index (κ2) is 17.6. The third kappa shape index (κ3) is 10.9. The van der Waals surface area contributed by atoms with E-state index < -0.39 is 30.0 Å². The molecule has 0 radical (unpaired) electrons. The van der Waals surface area contributed by atoms with Crippen molar-refractivity contribution in [2.75, 3.05) is 46.0 Å². The zero-order valence-corrected chi connectivity index (χ0v) is 30.1. The molecule has 55 heavy (non-hydrogen) atoms. The minimum atomic E-state index is -4.80. The number of para-hydroxylation sites is 2. The molecule has 2 heterocycles. The van der Waals surface area contributed by atoms with Crippen LogP contribution in [-0.2, 0) is 20.2 Å². The van der Waals surface area contributed by atoms with Crippen LogP contribution >= 0.6 is 0 Å². The summed E-state index contributed by atoms with van der Waals surface area (Å²) in [6.07, 6.45) is 2.56. The Hall–Kier alpha value is -5.74. The van der Waals surface area contributed by atoms with Crippen LogP contribution in [0, 0.1) is 0 Å². The molecule has 8 N–H and O–H groups in total. The van der Waals surface area contributed by atoms with E-state index in [1.807, 2.05) is 60.7 Å². The summed E-state index contributed by atoms with van der Waals surface area (Å²) in [5.74, 6) is 0.969. The number of hydrogen-bond acceptors (Lipinski definition) is 16. The van der Waals surface area contributed by atoms with Gasteiger partial charge >= 0.3 is 29.6 Å². The number of rotatable bonds is 14. The van der Waals surface area contributed by atoms with Gasteiger partial charge in [0.05, 0.1) is 0 Å². The van der Waals surface area contributed by atoms with Crippen molar-refractivity contribution < 1.29 is 25.9 Å². The molecular formula is C34H33N12NaO6S2. The van der Waals surface area contributed by atoms with Crippen molar-refractivity contribution in [3.05, 3.63) is 108 Å². The van der Waals surface area contributed by atoms with E-state index >= 15 is 0 Å². The van der Waals surface area contributed by atoms with Gasteiger partial charge in [-0.15, -0.1) is 0 Å². The predicted octanol–water partition coefficient (Wildman–Crippen LogP) is 5.13. The fourth-order valence-electron chi connectivity index (χ4n) is 4.88. The Morgan fingerprint density at radius 1 is 0.455 bits per heavy atom. The van der Waals surface area contributed by atoms with E-state index in [0.717, 1.165) is 23.5 Å². The van der Waals surface area contributed by atoms with Crippen LogP contribution in [0.1, 0.15) is 11.1 Å². The van der Waals surface area contributed by atoms with E-state index in [1.165, 1.54) is 36.4 Å². The van der Waals surface area contributed by atoms with Gasteiger partial charge in [-0.2, -0.15) is 46.7 Å². The standard InChI is InChI=1S/C34H32N12O6S2.Na.H/c1-35-29-41-31(37-23-9-5-3-6-10-23)45-33(43-29)39-25-17-15-21(27(19-25)53(47,48)49)13-14-22-16-18-26(20-28(22)54(50,51)52)40-34-44-30(36-2)42-32(46-34)38-24-11-7-4-8-12-24;;/h3-20H,1-2H3,(H,47,48,49)(H,50,51,52)(H3,35,37,39,41,43,45)(H3,36,38,40,42,44,46);;. The van der Waals surface area contributed by atoms with Gasteiger partial charge in [-0.3, -0.25) is 9.11 Å². The van der Waals surface area contributed by atoms with Gasteiger partial charge in [0.15, 0.2) is 0 Å². The number of benzene rings is 4. The third-order valence-corrected chi connectivity index (χ3v) is 9.13. The van der Waals surface area contributed by atoms with E-state index in [9.17, 15) is 25.9 Å². The molecule has 18 nitrogen and oxygen atoms in total.